The second kappa shape index (κ2) is 16.5. The molecule has 2 aliphatic rings. The van der Waals surface area contributed by atoms with E-state index in [0.29, 0.717) is 47.8 Å². The minimum Gasteiger partial charge on any atom is -0.487 e. The lowest BCUT2D eigenvalue weighted by atomic mass is 9.90. The van der Waals surface area contributed by atoms with Gasteiger partial charge < -0.3 is 30.4 Å². The van der Waals surface area contributed by atoms with Crippen LogP contribution in [0.2, 0.25) is 0 Å². The molecule has 2 aromatic heterocycles. The number of aliphatic imine (C=N–C) groups is 2. The third-order valence-corrected chi connectivity index (χ3v) is 8.65. The fourth-order valence-electron chi connectivity index (χ4n) is 6.02. The van der Waals surface area contributed by atoms with Gasteiger partial charge in [0.1, 0.15) is 35.5 Å². The van der Waals surface area contributed by atoms with Crippen molar-refractivity contribution in [3.05, 3.63) is 42.4 Å². The van der Waals surface area contributed by atoms with E-state index in [2.05, 4.69) is 36.2 Å². The summed E-state index contributed by atoms with van der Waals surface area (Å²) < 4.78 is 19.9. The van der Waals surface area contributed by atoms with E-state index in [-0.39, 0.29) is 18.8 Å². The van der Waals surface area contributed by atoms with Gasteiger partial charge in [0.2, 0.25) is 5.95 Å². The predicted octanol–water partition coefficient (Wildman–Crippen LogP) is 4.09. The molecule has 1 aliphatic carbocycles. The number of aliphatic hydroxyl groups is 1. The standard InChI is InChI=1S/C34H46N10O4/c1-24(18-37-23-38-22-36)47-31-16-25(4-5-26(31)17-35)27-19-39-33(40-20-27)41-30-21-44(42-32(30)48-34(2,3)10-13-45)29-8-6-28(7-9-29)43-11-14-46-15-12-43/h4-5,16,19-24,28-29,45H,6-15,18H2,1-3H3,(H2,36,37,38)(H,39,40,41)/t24-,28?,29?/m0/s1. The number of nitrogens with zero attached hydrogens (tertiary/aromatic N) is 8. The first kappa shape index (κ1) is 34.7. The average Bonchev–Trinajstić information content (AvgIpc) is 3.48. The Balaban J connectivity index is 1.30. The molecule has 14 nitrogen and oxygen atoms in total. The first-order chi connectivity index (χ1) is 23.3. The lowest BCUT2D eigenvalue weighted by Crippen LogP contribution is -2.45. The third-order valence-electron chi connectivity index (χ3n) is 8.65. The number of nitrogens with one attached hydrogen (secondary N) is 1. The maximum Gasteiger partial charge on any atom is 0.257 e. The van der Waals surface area contributed by atoms with Crippen LogP contribution in [-0.4, -0.2) is 99.6 Å². The van der Waals surface area contributed by atoms with Gasteiger partial charge in [-0.1, -0.05) is 6.07 Å². The Hall–Kier alpha value is -4.58. The fourth-order valence-corrected chi connectivity index (χ4v) is 6.02. The summed E-state index contributed by atoms with van der Waals surface area (Å²) in [5.41, 5.74) is 7.24. The van der Waals surface area contributed by atoms with Crippen LogP contribution in [0, 0.1) is 11.3 Å². The highest BCUT2D eigenvalue weighted by Gasteiger charge is 2.30. The third kappa shape index (κ3) is 9.27. The van der Waals surface area contributed by atoms with E-state index >= 15 is 0 Å². The van der Waals surface area contributed by atoms with Crippen molar-refractivity contribution in [3.8, 4) is 28.8 Å². The van der Waals surface area contributed by atoms with E-state index in [1.165, 1.54) is 6.34 Å². The highest BCUT2D eigenvalue weighted by molar-refractivity contribution is 5.69. The van der Waals surface area contributed by atoms with Crippen molar-refractivity contribution in [3.63, 3.8) is 0 Å². The molecule has 3 heterocycles. The highest BCUT2D eigenvalue weighted by Crippen LogP contribution is 2.36. The van der Waals surface area contributed by atoms with Crippen LogP contribution in [0.1, 0.15) is 64.5 Å². The summed E-state index contributed by atoms with van der Waals surface area (Å²) in [6.07, 6.45) is 12.4. The van der Waals surface area contributed by atoms with E-state index in [4.69, 9.17) is 25.0 Å². The number of anilines is 2. The largest absolute Gasteiger partial charge is 0.487 e. The number of nitrogens with two attached hydrogens (primary N) is 1. The topological polar surface area (TPSA) is 181 Å². The van der Waals surface area contributed by atoms with Crippen molar-refractivity contribution in [2.24, 2.45) is 15.7 Å². The average molecular weight is 659 g/mol. The van der Waals surface area contributed by atoms with Crippen LogP contribution in [0.15, 0.2) is 46.8 Å². The summed E-state index contributed by atoms with van der Waals surface area (Å²) in [6, 6.07) is 8.37. The van der Waals surface area contributed by atoms with Crippen LogP contribution in [0.3, 0.4) is 0 Å². The number of aliphatic hydroxyl groups excluding tert-OH is 1. The molecule has 3 aromatic rings. The minimum atomic E-state index is -0.624. The quantitative estimate of drug-likeness (QED) is 0.168. The summed E-state index contributed by atoms with van der Waals surface area (Å²) in [5, 5.41) is 27.4. The number of morpholine rings is 1. The maximum absolute atomic E-state index is 9.63. The van der Waals surface area contributed by atoms with Gasteiger partial charge in [0, 0.05) is 50.1 Å². The predicted molar refractivity (Wildman–Crippen MR) is 184 cm³/mol. The SMILES string of the molecule is C[C@@H](CN=CN=CN)Oc1cc(-c2cnc(Nc3cn(C4CCC(N5CCOCC5)CC4)nc3OC(C)(C)CCO)nc2)ccc1C#N. The summed E-state index contributed by atoms with van der Waals surface area (Å²) in [5.74, 6) is 1.27. The highest BCUT2D eigenvalue weighted by atomic mass is 16.5. The molecule has 0 spiro atoms. The van der Waals surface area contributed by atoms with Crippen LogP contribution in [0.5, 0.6) is 11.6 Å². The van der Waals surface area contributed by atoms with Gasteiger partial charge in [0.15, 0.2) is 0 Å². The Morgan fingerprint density at radius 3 is 2.58 bits per heavy atom. The smallest absolute Gasteiger partial charge is 0.257 e. The molecule has 1 saturated carbocycles. The van der Waals surface area contributed by atoms with Crippen LogP contribution in [0.25, 0.3) is 11.1 Å². The number of rotatable bonds is 14. The van der Waals surface area contributed by atoms with E-state index in [9.17, 15) is 10.4 Å². The van der Waals surface area contributed by atoms with Crippen LogP contribution in [0.4, 0.5) is 11.6 Å². The molecular formula is C34H46N10O4. The molecule has 1 aromatic carbocycles. The van der Waals surface area contributed by atoms with Crippen molar-refractivity contribution in [2.45, 2.75) is 76.7 Å². The van der Waals surface area contributed by atoms with Gasteiger partial charge in [0.25, 0.3) is 5.88 Å². The van der Waals surface area contributed by atoms with Crippen molar-refractivity contribution < 1.29 is 19.3 Å². The molecule has 0 amide bonds. The number of hydrogen-bond donors (Lipinski definition) is 3. The lowest BCUT2D eigenvalue weighted by Gasteiger charge is -2.38. The molecule has 0 radical (unpaired) electrons. The van der Waals surface area contributed by atoms with Crippen molar-refractivity contribution >= 4 is 24.3 Å². The normalized spacial score (nSPS) is 19.7. The number of nitriles is 1. The molecular weight excluding hydrogens is 612 g/mol. The van der Waals surface area contributed by atoms with Crippen molar-refractivity contribution in [1.82, 2.24) is 24.6 Å². The Kier molecular flexibility index (Phi) is 11.9. The molecule has 0 unspecified atom stereocenters. The van der Waals surface area contributed by atoms with Gasteiger partial charge in [-0.15, -0.1) is 5.10 Å². The molecule has 48 heavy (non-hydrogen) atoms. The van der Waals surface area contributed by atoms with Crippen LogP contribution < -0.4 is 20.5 Å². The van der Waals surface area contributed by atoms with Gasteiger partial charge in [-0.25, -0.2) is 15.0 Å². The number of aromatic nitrogens is 4. The Labute approximate surface area is 281 Å². The summed E-state index contributed by atoms with van der Waals surface area (Å²) in [6.45, 7) is 9.72. The van der Waals surface area contributed by atoms with E-state index in [1.54, 1.807) is 24.5 Å². The molecule has 14 heteroatoms. The van der Waals surface area contributed by atoms with Gasteiger partial charge in [0.05, 0.1) is 43.9 Å². The molecule has 256 valence electrons. The zero-order valence-electron chi connectivity index (χ0n) is 28.0. The zero-order chi connectivity index (χ0) is 33.9. The molecule has 1 aliphatic heterocycles. The lowest BCUT2D eigenvalue weighted by molar-refractivity contribution is 0.00493. The monoisotopic (exact) mass is 658 g/mol. The first-order valence-electron chi connectivity index (χ1n) is 16.5. The van der Waals surface area contributed by atoms with Gasteiger partial charge in [-0.2, -0.15) is 5.26 Å². The molecule has 1 saturated heterocycles. The Bertz CT molecular complexity index is 1570. The van der Waals surface area contributed by atoms with Gasteiger partial charge >= 0.3 is 0 Å². The van der Waals surface area contributed by atoms with Crippen LogP contribution in [-0.2, 0) is 4.74 Å². The Morgan fingerprint density at radius 1 is 1.17 bits per heavy atom. The van der Waals surface area contributed by atoms with Gasteiger partial charge in [-0.3, -0.25) is 14.6 Å². The number of hydrogen-bond acceptors (Lipinski definition) is 11. The van der Waals surface area contributed by atoms with E-state index in [0.717, 1.165) is 69.5 Å². The van der Waals surface area contributed by atoms with Gasteiger partial charge in [-0.05, 0) is 64.2 Å². The molecule has 2 fully saturated rings. The number of benzene rings is 1. The van der Waals surface area contributed by atoms with Crippen molar-refractivity contribution in [2.75, 3.05) is 44.8 Å². The molecule has 5 rings (SSSR count). The molecule has 0 bridgehead atoms. The maximum atomic E-state index is 9.63. The Morgan fingerprint density at radius 2 is 1.90 bits per heavy atom. The first-order valence-corrected chi connectivity index (χ1v) is 16.5. The van der Waals surface area contributed by atoms with Crippen LogP contribution >= 0.6 is 0 Å². The summed E-state index contributed by atoms with van der Waals surface area (Å²) in [7, 11) is 0. The summed E-state index contributed by atoms with van der Waals surface area (Å²) in [4.78, 5) is 19.6. The van der Waals surface area contributed by atoms with E-state index < -0.39 is 5.60 Å². The second-order valence-electron chi connectivity index (χ2n) is 12.7. The van der Waals surface area contributed by atoms with E-state index in [1.807, 2.05) is 37.7 Å². The zero-order valence-corrected chi connectivity index (χ0v) is 28.0. The van der Waals surface area contributed by atoms with Crippen molar-refractivity contribution in [1.29, 1.82) is 5.26 Å². The summed E-state index contributed by atoms with van der Waals surface area (Å²) >= 11 is 0. The fraction of sp³-hybridized carbons (Fsp3) is 0.529. The number of ether oxygens (including phenoxy) is 3. The molecule has 4 N–H and O–H groups in total. The minimum absolute atomic E-state index is 0.00537. The molecule has 1 atom stereocenters. The second-order valence-corrected chi connectivity index (χ2v) is 12.7.